The molecule has 0 spiro atoms. The van der Waals surface area contributed by atoms with E-state index in [-0.39, 0.29) is 18.1 Å². The molecule has 1 amide bonds. The third-order valence-corrected chi connectivity index (χ3v) is 5.08. The maximum Gasteiger partial charge on any atom is 0.251 e. The van der Waals surface area contributed by atoms with Gasteiger partial charge in [0.05, 0.1) is 18.8 Å². The van der Waals surface area contributed by atoms with Crippen LogP contribution in [0.15, 0.2) is 54.6 Å². The molecular weight excluding hydrogens is 338 g/mol. The molecule has 1 aliphatic rings. The predicted octanol–water partition coefficient (Wildman–Crippen LogP) is 2.55. The quantitative estimate of drug-likeness (QED) is 0.789. The molecule has 3 rings (SSSR count). The van der Waals surface area contributed by atoms with Crippen molar-refractivity contribution < 1.29 is 9.53 Å². The Labute approximate surface area is 161 Å². The molecule has 2 aromatic carbocycles. The van der Waals surface area contributed by atoms with Gasteiger partial charge in [-0.3, -0.25) is 9.69 Å². The smallest absolute Gasteiger partial charge is 0.251 e. The summed E-state index contributed by atoms with van der Waals surface area (Å²) in [7, 11) is 0. The number of hydrogen-bond acceptors (Lipinski definition) is 4. The van der Waals surface area contributed by atoms with Gasteiger partial charge in [-0.05, 0) is 29.7 Å². The Morgan fingerprint density at radius 1 is 1.19 bits per heavy atom. The Kier molecular flexibility index (Phi) is 6.98. The van der Waals surface area contributed by atoms with Gasteiger partial charge >= 0.3 is 0 Å². The van der Waals surface area contributed by atoms with Gasteiger partial charge in [-0.1, -0.05) is 49.4 Å². The minimum Gasteiger partial charge on any atom is -0.373 e. The molecule has 2 aromatic rings. The summed E-state index contributed by atoms with van der Waals surface area (Å²) in [4.78, 5) is 15.0. The monoisotopic (exact) mass is 367 g/mol. The number of carbonyl (C=O) groups excluding carboxylic acids is 1. The van der Waals surface area contributed by atoms with Crippen LogP contribution < -0.4 is 11.1 Å². The minimum absolute atomic E-state index is 0.000253. The van der Waals surface area contributed by atoms with E-state index in [1.807, 2.05) is 30.3 Å². The molecule has 0 aromatic heterocycles. The Bertz CT molecular complexity index is 718. The number of ether oxygens (including phenoxy) is 1. The summed E-state index contributed by atoms with van der Waals surface area (Å²) in [5, 5.41) is 3.15. The Hall–Kier alpha value is -2.21. The Balaban J connectivity index is 1.59. The van der Waals surface area contributed by atoms with Crippen molar-refractivity contribution in [2.75, 3.05) is 19.7 Å². The lowest BCUT2D eigenvalue weighted by Gasteiger charge is -2.37. The zero-order valence-corrected chi connectivity index (χ0v) is 15.9. The number of nitrogens with two attached hydrogens (primary N) is 1. The first-order valence-electron chi connectivity index (χ1n) is 9.67. The summed E-state index contributed by atoms with van der Waals surface area (Å²) in [6, 6.07) is 17.9. The molecule has 0 bridgehead atoms. The summed E-state index contributed by atoms with van der Waals surface area (Å²) in [6.45, 7) is 5.89. The second-order valence-corrected chi connectivity index (χ2v) is 7.02. The molecule has 2 atom stereocenters. The third kappa shape index (κ3) is 5.39. The normalized spacial score (nSPS) is 18.8. The molecule has 5 nitrogen and oxygen atoms in total. The van der Waals surface area contributed by atoms with Gasteiger partial charge < -0.3 is 15.8 Å². The molecule has 1 heterocycles. The molecule has 27 heavy (non-hydrogen) atoms. The number of benzene rings is 2. The fraction of sp³-hybridized carbons (Fsp3) is 0.409. The third-order valence-electron chi connectivity index (χ3n) is 5.08. The highest BCUT2D eigenvalue weighted by Gasteiger charge is 2.28. The van der Waals surface area contributed by atoms with E-state index in [2.05, 4.69) is 41.4 Å². The zero-order valence-electron chi connectivity index (χ0n) is 15.9. The molecule has 1 saturated heterocycles. The highest BCUT2D eigenvalue weighted by Crippen LogP contribution is 2.15. The number of nitrogens with zero attached hydrogens (tertiary/aromatic N) is 1. The molecular formula is C22H29N3O2. The molecule has 1 aliphatic heterocycles. The van der Waals surface area contributed by atoms with Gasteiger partial charge in [0.1, 0.15) is 0 Å². The topological polar surface area (TPSA) is 67.6 Å². The van der Waals surface area contributed by atoms with Gasteiger partial charge in [0.2, 0.25) is 0 Å². The summed E-state index contributed by atoms with van der Waals surface area (Å²) in [5.41, 5.74) is 8.60. The number of rotatable bonds is 7. The standard InChI is InChI=1S/C22H29N3O2/c1-2-20(24-22(26)19-10-8-17(14-23)9-11-19)21-16-25(12-13-27-21)15-18-6-4-3-5-7-18/h3-11,20-21H,2,12-16,23H2,1H3,(H,24,26). The van der Waals surface area contributed by atoms with Crippen LogP contribution in [0.5, 0.6) is 0 Å². The summed E-state index contributed by atoms with van der Waals surface area (Å²) in [5.74, 6) is -0.0609. The van der Waals surface area contributed by atoms with Gasteiger partial charge in [0.25, 0.3) is 5.91 Å². The predicted molar refractivity (Wildman–Crippen MR) is 107 cm³/mol. The average molecular weight is 367 g/mol. The molecule has 0 saturated carbocycles. The van der Waals surface area contributed by atoms with Crippen LogP contribution in [-0.2, 0) is 17.8 Å². The van der Waals surface area contributed by atoms with Crippen molar-refractivity contribution >= 4 is 5.91 Å². The number of amides is 1. The average Bonchev–Trinajstić information content (AvgIpc) is 2.73. The summed E-state index contributed by atoms with van der Waals surface area (Å²) < 4.78 is 6.00. The van der Waals surface area contributed by atoms with Crippen LogP contribution in [0.4, 0.5) is 0 Å². The van der Waals surface area contributed by atoms with Crippen LogP contribution in [-0.4, -0.2) is 42.6 Å². The van der Waals surface area contributed by atoms with E-state index >= 15 is 0 Å². The fourth-order valence-electron chi connectivity index (χ4n) is 3.46. The van der Waals surface area contributed by atoms with Crippen LogP contribution in [0.1, 0.15) is 34.8 Å². The van der Waals surface area contributed by atoms with Crippen LogP contribution in [0, 0.1) is 0 Å². The zero-order chi connectivity index (χ0) is 19.1. The lowest BCUT2D eigenvalue weighted by atomic mass is 10.0. The minimum atomic E-state index is -0.0609. The van der Waals surface area contributed by atoms with Crippen LogP contribution >= 0.6 is 0 Å². The van der Waals surface area contributed by atoms with E-state index in [1.165, 1.54) is 5.56 Å². The van der Waals surface area contributed by atoms with Gasteiger partial charge in [-0.25, -0.2) is 0 Å². The molecule has 5 heteroatoms. The van der Waals surface area contributed by atoms with E-state index in [0.29, 0.717) is 18.7 Å². The first-order valence-corrected chi connectivity index (χ1v) is 9.67. The molecule has 144 valence electrons. The van der Waals surface area contributed by atoms with E-state index in [9.17, 15) is 4.79 Å². The maximum absolute atomic E-state index is 12.6. The second-order valence-electron chi connectivity index (χ2n) is 7.02. The number of nitrogens with one attached hydrogen (secondary N) is 1. The summed E-state index contributed by atoms with van der Waals surface area (Å²) >= 11 is 0. The largest absolute Gasteiger partial charge is 0.373 e. The number of morpholine rings is 1. The molecule has 1 fully saturated rings. The van der Waals surface area contributed by atoms with Crippen molar-refractivity contribution in [2.45, 2.75) is 38.6 Å². The Morgan fingerprint density at radius 2 is 1.93 bits per heavy atom. The number of carbonyl (C=O) groups is 1. The van der Waals surface area contributed by atoms with Gasteiger partial charge in [0, 0.05) is 31.7 Å². The van der Waals surface area contributed by atoms with Gasteiger partial charge in [0.15, 0.2) is 0 Å². The molecule has 3 N–H and O–H groups in total. The van der Waals surface area contributed by atoms with Crippen molar-refractivity contribution in [3.05, 3.63) is 71.3 Å². The van der Waals surface area contributed by atoms with Gasteiger partial charge in [-0.15, -0.1) is 0 Å². The number of hydrogen-bond donors (Lipinski definition) is 2. The van der Waals surface area contributed by atoms with E-state index < -0.39 is 0 Å². The summed E-state index contributed by atoms with van der Waals surface area (Å²) in [6.07, 6.45) is 0.830. The fourth-order valence-corrected chi connectivity index (χ4v) is 3.46. The lowest BCUT2D eigenvalue weighted by molar-refractivity contribution is -0.0483. The van der Waals surface area contributed by atoms with Crippen molar-refractivity contribution in [1.29, 1.82) is 0 Å². The molecule has 0 radical (unpaired) electrons. The lowest BCUT2D eigenvalue weighted by Crippen LogP contribution is -2.53. The van der Waals surface area contributed by atoms with E-state index in [0.717, 1.165) is 31.6 Å². The van der Waals surface area contributed by atoms with E-state index in [1.54, 1.807) is 0 Å². The van der Waals surface area contributed by atoms with Crippen molar-refractivity contribution in [1.82, 2.24) is 10.2 Å². The van der Waals surface area contributed by atoms with Crippen LogP contribution in [0.25, 0.3) is 0 Å². The first kappa shape index (κ1) is 19.5. The van der Waals surface area contributed by atoms with Crippen molar-refractivity contribution in [2.24, 2.45) is 5.73 Å². The van der Waals surface area contributed by atoms with Crippen molar-refractivity contribution in [3.63, 3.8) is 0 Å². The van der Waals surface area contributed by atoms with E-state index in [4.69, 9.17) is 10.5 Å². The van der Waals surface area contributed by atoms with Gasteiger partial charge in [-0.2, -0.15) is 0 Å². The molecule has 2 unspecified atom stereocenters. The van der Waals surface area contributed by atoms with Crippen molar-refractivity contribution in [3.8, 4) is 0 Å². The second kappa shape index (κ2) is 9.65. The van der Waals surface area contributed by atoms with Crippen LogP contribution in [0.2, 0.25) is 0 Å². The molecule has 0 aliphatic carbocycles. The highest BCUT2D eigenvalue weighted by atomic mass is 16.5. The highest BCUT2D eigenvalue weighted by molar-refractivity contribution is 5.94. The SMILES string of the molecule is CCC(NC(=O)c1ccc(CN)cc1)C1CN(Cc2ccccc2)CCO1. The maximum atomic E-state index is 12.6. The Morgan fingerprint density at radius 3 is 2.59 bits per heavy atom. The van der Waals surface area contributed by atoms with Crippen LogP contribution in [0.3, 0.4) is 0 Å². The first-order chi connectivity index (χ1) is 13.2.